The van der Waals surface area contributed by atoms with Gasteiger partial charge < -0.3 is 10.2 Å². The molecule has 2 N–H and O–H groups in total. The second-order valence-electron chi connectivity index (χ2n) is 7.93. The third-order valence-electron chi connectivity index (χ3n) is 3.98. The number of carbonyl (C=O) groups is 2. The van der Waals surface area contributed by atoms with Crippen molar-refractivity contribution >= 4 is 27.3 Å². The van der Waals surface area contributed by atoms with Gasteiger partial charge in [-0.15, -0.1) is 0 Å². The van der Waals surface area contributed by atoms with Crippen LogP contribution in [-0.2, 0) is 19.4 Å². The topological polar surface area (TPSA) is 88.0 Å². The lowest BCUT2D eigenvalue weighted by Gasteiger charge is -2.28. The van der Waals surface area contributed by atoms with Crippen LogP contribution in [0.15, 0.2) is 41.8 Å². The number of anilines is 1. The van der Waals surface area contributed by atoms with Crippen LogP contribution in [0.1, 0.15) is 20.8 Å². The van der Waals surface area contributed by atoms with Gasteiger partial charge in [-0.2, -0.15) is 0 Å². The van der Waals surface area contributed by atoms with Crippen LogP contribution in [0.25, 0.3) is 0 Å². The molecule has 1 aromatic rings. The van der Waals surface area contributed by atoms with Crippen molar-refractivity contribution in [3.63, 3.8) is 0 Å². The third kappa shape index (κ3) is 6.48. The van der Waals surface area contributed by atoms with Crippen molar-refractivity contribution in [2.24, 2.45) is 0 Å². The molecule has 8 heteroatoms. The molecule has 0 aromatic heterocycles. The van der Waals surface area contributed by atoms with Crippen LogP contribution in [0.2, 0.25) is 0 Å². The minimum atomic E-state index is -3.30. The number of para-hydroxylation sites is 1. The Hall–Kier alpha value is -2.19. The Morgan fingerprint density at radius 3 is 2.33 bits per heavy atom. The van der Waals surface area contributed by atoms with E-state index in [1.54, 1.807) is 37.4 Å². The second kappa shape index (κ2) is 8.22. The van der Waals surface area contributed by atoms with Crippen molar-refractivity contribution in [3.8, 4) is 0 Å². The molecular formula is C19H28N3O4S+. The lowest BCUT2D eigenvalue weighted by molar-refractivity contribution is -0.862. The highest BCUT2D eigenvalue weighted by Crippen LogP contribution is 2.22. The summed E-state index contributed by atoms with van der Waals surface area (Å²) < 4.78 is 23.6. The summed E-state index contributed by atoms with van der Waals surface area (Å²) in [6.45, 7) is 5.93. The van der Waals surface area contributed by atoms with E-state index >= 15 is 0 Å². The Morgan fingerprint density at radius 1 is 1.19 bits per heavy atom. The van der Waals surface area contributed by atoms with Gasteiger partial charge in [0.2, 0.25) is 0 Å². The average molecular weight is 395 g/mol. The fourth-order valence-corrected chi connectivity index (χ4v) is 4.24. The van der Waals surface area contributed by atoms with E-state index in [2.05, 4.69) is 5.32 Å². The lowest BCUT2D eigenvalue weighted by atomic mass is 10.1. The van der Waals surface area contributed by atoms with Crippen LogP contribution in [0.3, 0.4) is 0 Å². The Bertz CT molecular complexity index is 813. The zero-order valence-corrected chi connectivity index (χ0v) is 17.0. The molecule has 1 aliphatic heterocycles. The van der Waals surface area contributed by atoms with E-state index in [-0.39, 0.29) is 36.2 Å². The number of hydrogen-bond acceptors (Lipinski definition) is 4. The molecule has 1 aromatic carbocycles. The van der Waals surface area contributed by atoms with Crippen molar-refractivity contribution in [2.75, 3.05) is 30.8 Å². The monoisotopic (exact) mass is 394 g/mol. The minimum Gasteiger partial charge on any atom is -0.347 e. The maximum atomic E-state index is 13.0. The standard InChI is InChI=1S/C19H27N3O4S/c1-19(2,3)20-17(23)12-21(4)13-18(24)22(15-8-6-5-7-9-15)16-10-11-27(25,26)14-16/h5-11,16H,12-14H2,1-4H3,(H,20,23)/p+1/t16-/m1/s1. The minimum absolute atomic E-state index is 0.0802. The number of hydrogen-bond donors (Lipinski definition) is 2. The SMILES string of the molecule is C[NH+](CC(=O)NC(C)(C)C)CC(=O)N(c1ccccc1)[C@@H]1C=CS(=O)(=O)C1. The molecule has 0 radical (unpaired) electrons. The number of nitrogens with zero attached hydrogens (tertiary/aromatic N) is 1. The van der Waals surface area contributed by atoms with Gasteiger partial charge in [-0.3, -0.25) is 14.5 Å². The molecule has 148 valence electrons. The van der Waals surface area contributed by atoms with Gasteiger partial charge in [0.1, 0.15) is 0 Å². The Balaban J connectivity index is 2.11. The number of nitrogens with one attached hydrogen (secondary N) is 2. The highest BCUT2D eigenvalue weighted by molar-refractivity contribution is 7.94. The number of likely N-dealkylation sites (N-methyl/N-ethyl adjacent to an activating group) is 1. The molecule has 0 aliphatic carbocycles. The van der Waals surface area contributed by atoms with Gasteiger partial charge in [0.15, 0.2) is 22.9 Å². The van der Waals surface area contributed by atoms with Gasteiger partial charge in [-0.25, -0.2) is 8.42 Å². The molecule has 0 fully saturated rings. The van der Waals surface area contributed by atoms with E-state index in [1.165, 1.54) is 4.90 Å². The van der Waals surface area contributed by atoms with Crippen molar-refractivity contribution in [3.05, 3.63) is 41.8 Å². The molecule has 0 saturated heterocycles. The summed E-state index contributed by atoms with van der Waals surface area (Å²) in [5.41, 5.74) is 0.307. The number of carbonyl (C=O) groups excluding carboxylic acids is 2. The molecule has 1 heterocycles. The summed E-state index contributed by atoms with van der Waals surface area (Å²) in [6, 6.07) is 8.45. The summed E-state index contributed by atoms with van der Waals surface area (Å²) in [5, 5.41) is 4.04. The maximum absolute atomic E-state index is 13.0. The highest BCUT2D eigenvalue weighted by Gasteiger charge is 2.32. The summed E-state index contributed by atoms with van der Waals surface area (Å²) >= 11 is 0. The fourth-order valence-electron chi connectivity index (χ4n) is 2.97. The summed E-state index contributed by atoms with van der Waals surface area (Å²) in [7, 11) is -1.53. The number of benzene rings is 1. The molecule has 27 heavy (non-hydrogen) atoms. The van der Waals surface area contributed by atoms with E-state index < -0.39 is 15.9 Å². The number of sulfone groups is 1. The van der Waals surface area contributed by atoms with Gasteiger partial charge in [-0.1, -0.05) is 18.2 Å². The predicted molar refractivity (Wildman–Crippen MR) is 105 cm³/mol. The van der Waals surface area contributed by atoms with Gasteiger partial charge in [0.05, 0.1) is 18.8 Å². The highest BCUT2D eigenvalue weighted by atomic mass is 32.2. The van der Waals surface area contributed by atoms with E-state index in [1.807, 2.05) is 26.8 Å². The van der Waals surface area contributed by atoms with E-state index in [4.69, 9.17) is 0 Å². The van der Waals surface area contributed by atoms with E-state index in [0.717, 1.165) is 10.3 Å². The molecule has 7 nitrogen and oxygen atoms in total. The van der Waals surface area contributed by atoms with Gasteiger partial charge in [-0.05, 0) is 39.0 Å². The van der Waals surface area contributed by atoms with Gasteiger partial charge in [0.25, 0.3) is 11.8 Å². The predicted octanol–water partition coefficient (Wildman–Crippen LogP) is -0.240. The largest absolute Gasteiger partial charge is 0.347 e. The fraction of sp³-hybridized carbons (Fsp3) is 0.474. The second-order valence-corrected chi connectivity index (χ2v) is 9.86. The normalized spacial score (nSPS) is 19.5. The lowest BCUT2D eigenvalue weighted by Crippen LogP contribution is -3.11. The summed E-state index contributed by atoms with van der Waals surface area (Å²) in [4.78, 5) is 27.3. The number of amides is 2. The molecule has 0 bridgehead atoms. The van der Waals surface area contributed by atoms with Crippen LogP contribution in [-0.4, -0.2) is 57.7 Å². The molecule has 1 unspecified atom stereocenters. The Labute approximate surface area is 160 Å². The summed E-state index contributed by atoms with van der Waals surface area (Å²) in [5.74, 6) is -0.492. The van der Waals surface area contributed by atoms with E-state index in [0.29, 0.717) is 5.69 Å². The number of quaternary nitrogens is 1. The first kappa shape index (κ1) is 21.1. The first-order chi connectivity index (χ1) is 12.5. The molecule has 2 amide bonds. The molecule has 2 atom stereocenters. The van der Waals surface area contributed by atoms with Crippen molar-refractivity contribution < 1.29 is 22.9 Å². The zero-order valence-electron chi connectivity index (χ0n) is 16.2. The maximum Gasteiger partial charge on any atom is 0.282 e. The average Bonchev–Trinajstić information content (AvgIpc) is 2.86. The van der Waals surface area contributed by atoms with Crippen LogP contribution in [0, 0.1) is 0 Å². The quantitative estimate of drug-likeness (QED) is 0.697. The molecule has 2 rings (SSSR count). The van der Waals surface area contributed by atoms with Gasteiger partial charge in [0, 0.05) is 16.6 Å². The summed E-state index contributed by atoms with van der Waals surface area (Å²) in [6.07, 6.45) is 1.54. The van der Waals surface area contributed by atoms with Crippen LogP contribution in [0.4, 0.5) is 5.69 Å². The smallest absolute Gasteiger partial charge is 0.282 e. The zero-order chi connectivity index (χ0) is 20.2. The number of rotatable bonds is 6. The molecule has 0 saturated carbocycles. The molecule has 1 aliphatic rings. The molecule has 0 spiro atoms. The third-order valence-corrected chi connectivity index (χ3v) is 5.35. The molecular weight excluding hydrogens is 366 g/mol. The van der Waals surface area contributed by atoms with E-state index in [9.17, 15) is 18.0 Å². The first-order valence-electron chi connectivity index (χ1n) is 8.87. The van der Waals surface area contributed by atoms with Crippen molar-refractivity contribution in [2.45, 2.75) is 32.4 Å². The Kier molecular flexibility index (Phi) is 6.43. The van der Waals surface area contributed by atoms with Gasteiger partial charge >= 0.3 is 0 Å². The van der Waals surface area contributed by atoms with Crippen LogP contribution >= 0.6 is 0 Å². The van der Waals surface area contributed by atoms with Crippen molar-refractivity contribution in [1.82, 2.24) is 5.32 Å². The van der Waals surface area contributed by atoms with Crippen LogP contribution < -0.4 is 15.1 Å². The first-order valence-corrected chi connectivity index (χ1v) is 10.6. The van der Waals surface area contributed by atoms with Crippen LogP contribution in [0.5, 0.6) is 0 Å². The van der Waals surface area contributed by atoms with Crippen molar-refractivity contribution in [1.29, 1.82) is 0 Å². The Morgan fingerprint density at radius 2 is 1.81 bits per heavy atom.